The summed E-state index contributed by atoms with van der Waals surface area (Å²) in [4.78, 5) is 21.6. The van der Waals surface area contributed by atoms with Gasteiger partial charge in [0.15, 0.2) is 0 Å². The topological polar surface area (TPSA) is 45.7 Å². The summed E-state index contributed by atoms with van der Waals surface area (Å²) in [6.07, 6.45) is 6.47. The summed E-state index contributed by atoms with van der Waals surface area (Å²) < 4.78 is 5.12. The Balaban J connectivity index is 1.46. The first-order valence-corrected chi connectivity index (χ1v) is 10.6. The molecule has 2 saturated heterocycles. The van der Waals surface area contributed by atoms with Crippen molar-refractivity contribution in [1.29, 1.82) is 0 Å². The van der Waals surface area contributed by atoms with E-state index in [0.29, 0.717) is 18.9 Å². The molecule has 2 atom stereocenters. The number of hydrogen-bond donors (Lipinski definition) is 0. The van der Waals surface area contributed by atoms with Gasteiger partial charge in [0, 0.05) is 57.6 Å². The molecule has 3 heterocycles. The maximum Gasteiger partial charge on any atom is 0.224 e. The molecule has 29 heavy (non-hydrogen) atoms. The van der Waals surface area contributed by atoms with Gasteiger partial charge in [0.1, 0.15) is 0 Å². The van der Waals surface area contributed by atoms with E-state index in [0.717, 1.165) is 45.6 Å². The Hall–Kier alpha value is -2.24. The minimum Gasteiger partial charge on any atom is -0.384 e. The van der Waals surface area contributed by atoms with Crippen molar-refractivity contribution in [2.75, 3.05) is 39.9 Å². The zero-order valence-corrected chi connectivity index (χ0v) is 17.3. The summed E-state index contributed by atoms with van der Waals surface area (Å²) in [5.41, 5.74) is 2.83. The quantitative estimate of drug-likeness (QED) is 0.692. The Kier molecular flexibility index (Phi) is 6.26. The summed E-state index contributed by atoms with van der Waals surface area (Å²) in [6.45, 7) is 5.29. The Morgan fingerprint density at radius 1 is 1.14 bits per heavy atom. The number of ether oxygens (including phenoxy) is 1. The van der Waals surface area contributed by atoms with Crippen LogP contribution >= 0.6 is 0 Å². The predicted molar refractivity (Wildman–Crippen MR) is 113 cm³/mol. The van der Waals surface area contributed by atoms with E-state index in [4.69, 9.17) is 4.74 Å². The fourth-order valence-corrected chi connectivity index (χ4v) is 5.09. The molecule has 1 aromatic carbocycles. The van der Waals surface area contributed by atoms with Crippen LogP contribution in [0.1, 0.15) is 24.0 Å². The van der Waals surface area contributed by atoms with Crippen molar-refractivity contribution in [1.82, 2.24) is 14.8 Å². The van der Waals surface area contributed by atoms with Gasteiger partial charge in [-0.25, -0.2) is 0 Å². The largest absolute Gasteiger partial charge is 0.384 e. The molecule has 0 spiro atoms. The van der Waals surface area contributed by atoms with Gasteiger partial charge in [-0.05, 0) is 36.0 Å². The highest BCUT2D eigenvalue weighted by Gasteiger charge is 2.52. The first-order chi connectivity index (χ1) is 14.2. The summed E-state index contributed by atoms with van der Waals surface area (Å²) in [7, 11) is 1.66. The maximum atomic E-state index is 12.6. The third-order valence-electron chi connectivity index (χ3n) is 6.59. The lowest BCUT2D eigenvalue weighted by Gasteiger charge is -2.30. The summed E-state index contributed by atoms with van der Waals surface area (Å²) in [5, 5.41) is 0. The molecule has 5 heteroatoms. The van der Waals surface area contributed by atoms with Gasteiger partial charge in [-0.3, -0.25) is 14.7 Å². The molecule has 5 nitrogen and oxygen atoms in total. The second-order valence-electron chi connectivity index (χ2n) is 8.59. The summed E-state index contributed by atoms with van der Waals surface area (Å²) in [5.74, 6) is 0.772. The molecule has 2 aromatic rings. The van der Waals surface area contributed by atoms with Crippen LogP contribution in [-0.4, -0.2) is 60.6 Å². The smallest absolute Gasteiger partial charge is 0.224 e. The lowest BCUT2D eigenvalue weighted by atomic mass is 9.76. The van der Waals surface area contributed by atoms with E-state index < -0.39 is 0 Å². The Labute approximate surface area is 173 Å². The van der Waals surface area contributed by atoms with Gasteiger partial charge in [-0.2, -0.15) is 0 Å². The van der Waals surface area contributed by atoms with Crippen molar-refractivity contribution < 1.29 is 9.53 Å². The standard InChI is InChI=1S/C24H31N3O2/c1-29-13-10-23(28)27-17-22-16-26(15-21-8-5-12-25-14-21)18-24(22,19-27)11-9-20-6-3-2-4-7-20/h2-8,12,14,22H,9-11,13,15-19H2,1H3. The van der Waals surface area contributed by atoms with Crippen LogP contribution in [0.15, 0.2) is 54.9 Å². The Morgan fingerprint density at radius 2 is 1.97 bits per heavy atom. The van der Waals surface area contributed by atoms with E-state index in [1.165, 1.54) is 11.1 Å². The monoisotopic (exact) mass is 393 g/mol. The number of pyridine rings is 1. The van der Waals surface area contributed by atoms with Crippen molar-refractivity contribution in [2.45, 2.75) is 25.8 Å². The predicted octanol–water partition coefficient (Wildman–Crippen LogP) is 3.01. The van der Waals surface area contributed by atoms with E-state index in [-0.39, 0.29) is 11.3 Å². The minimum atomic E-state index is 0.181. The molecule has 0 saturated carbocycles. The number of carbonyl (C=O) groups is 1. The zero-order valence-electron chi connectivity index (χ0n) is 17.3. The van der Waals surface area contributed by atoms with Crippen molar-refractivity contribution in [3.63, 3.8) is 0 Å². The van der Waals surface area contributed by atoms with Gasteiger partial charge in [0.25, 0.3) is 0 Å². The molecule has 2 fully saturated rings. The number of aromatic nitrogens is 1. The number of rotatable bonds is 8. The van der Waals surface area contributed by atoms with E-state index >= 15 is 0 Å². The van der Waals surface area contributed by atoms with Gasteiger partial charge in [-0.15, -0.1) is 0 Å². The van der Waals surface area contributed by atoms with Crippen LogP contribution in [0.5, 0.6) is 0 Å². The van der Waals surface area contributed by atoms with Crippen molar-refractivity contribution in [3.8, 4) is 0 Å². The third kappa shape index (κ3) is 4.68. The highest BCUT2D eigenvalue weighted by molar-refractivity contribution is 5.76. The molecule has 2 unspecified atom stereocenters. The van der Waals surface area contributed by atoms with Crippen LogP contribution in [-0.2, 0) is 22.5 Å². The van der Waals surface area contributed by atoms with E-state index in [2.05, 4.69) is 51.2 Å². The number of methoxy groups -OCH3 is 1. The number of fused-ring (bicyclic) bond motifs is 1. The first kappa shape index (κ1) is 20.0. The lowest BCUT2D eigenvalue weighted by Crippen LogP contribution is -2.37. The number of amides is 1. The SMILES string of the molecule is COCCC(=O)N1CC2CN(Cc3cccnc3)CC2(CCc2ccccc2)C1. The van der Waals surface area contributed by atoms with E-state index in [9.17, 15) is 4.79 Å². The van der Waals surface area contributed by atoms with Crippen LogP contribution in [0.2, 0.25) is 0 Å². The lowest BCUT2D eigenvalue weighted by molar-refractivity contribution is -0.131. The van der Waals surface area contributed by atoms with Crippen LogP contribution in [0, 0.1) is 11.3 Å². The first-order valence-electron chi connectivity index (χ1n) is 10.6. The fraction of sp³-hybridized carbons (Fsp3) is 0.500. The average Bonchev–Trinajstić information content (AvgIpc) is 3.26. The molecule has 2 aliphatic heterocycles. The third-order valence-corrected chi connectivity index (χ3v) is 6.59. The molecule has 0 bridgehead atoms. The number of aryl methyl sites for hydroxylation is 1. The van der Waals surface area contributed by atoms with Crippen molar-refractivity contribution in [2.24, 2.45) is 11.3 Å². The molecule has 2 aliphatic rings. The van der Waals surface area contributed by atoms with Crippen LogP contribution in [0.3, 0.4) is 0 Å². The number of hydrogen-bond acceptors (Lipinski definition) is 4. The van der Waals surface area contributed by atoms with Gasteiger partial charge >= 0.3 is 0 Å². The van der Waals surface area contributed by atoms with E-state index in [1.54, 1.807) is 7.11 Å². The van der Waals surface area contributed by atoms with Gasteiger partial charge in [-0.1, -0.05) is 36.4 Å². The summed E-state index contributed by atoms with van der Waals surface area (Å²) >= 11 is 0. The Bertz CT molecular complexity index is 798. The molecule has 1 amide bonds. The second-order valence-corrected chi connectivity index (χ2v) is 8.59. The Morgan fingerprint density at radius 3 is 2.72 bits per heavy atom. The molecule has 1 aromatic heterocycles. The molecular formula is C24H31N3O2. The number of carbonyl (C=O) groups excluding carboxylic acids is 1. The highest BCUT2D eigenvalue weighted by atomic mass is 16.5. The number of nitrogens with zero attached hydrogens (tertiary/aromatic N) is 3. The number of likely N-dealkylation sites (tertiary alicyclic amines) is 2. The van der Waals surface area contributed by atoms with Crippen LogP contribution in [0.4, 0.5) is 0 Å². The van der Waals surface area contributed by atoms with Crippen LogP contribution < -0.4 is 0 Å². The number of benzene rings is 1. The van der Waals surface area contributed by atoms with Gasteiger partial charge < -0.3 is 9.64 Å². The highest BCUT2D eigenvalue weighted by Crippen LogP contribution is 2.46. The van der Waals surface area contributed by atoms with Crippen molar-refractivity contribution in [3.05, 3.63) is 66.0 Å². The molecule has 0 aliphatic carbocycles. The fourth-order valence-electron chi connectivity index (χ4n) is 5.09. The van der Waals surface area contributed by atoms with E-state index in [1.807, 2.05) is 18.5 Å². The molecule has 4 rings (SSSR count). The van der Waals surface area contributed by atoms with Crippen LogP contribution in [0.25, 0.3) is 0 Å². The van der Waals surface area contributed by atoms with Gasteiger partial charge in [0.2, 0.25) is 5.91 Å². The minimum absolute atomic E-state index is 0.181. The average molecular weight is 394 g/mol. The molecule has 154 valence electrons. The molecule has 0 N–H and O–H groups in total. The zero-order chi connectivity index (χ0) is 20.1. The normalized spacial score (nSPS) is 24.0. The molecular weight excluding hydrogens is 362 g/mol. The summed E-state index contributed by atoms with van der Waals surface area (Å²) in [6, 6.07) is 14.9. The maximum absolute atomic E-state index is 12.6. The second kappa shape index (κ2) is 9.06. The molecule has 0 radical (unpaired) electrons. The van der Waals surface area contributed by atoms with Crippen molar-refractivity contribution >= 4 is 5.91 Å². The van der Waals surface area contributed by atoms with Gasteiger partial charge in [0.05, 0.1) is 13.0 Å².